The molecule has 0 radical (unpaired) electrons. The Kier molecular flexibility index (Phi) is 4.74. The minimum absolute atomic E-state index is 0.178. The van der Waals surface area contributed by atoms with Gasteiger partial charge in [-0.25, -0.2) is 0 Å². The molecule has 0 aromatic rings. The van der Waals surface area contributed by atoms with Crippen molar-refractivity contribution in [2.24, 2.45) is 5.41 Å². The highest BCUT2D eigenvalue weighted by Gasteiger charge is 2.34. The summed E-state index contributed by atoms with van der Waals surface area (Å²) >= 11 is 0. The van der Waals surface area contributed by atoms with Crippen LogP contribution in [0.1, 0.15) is 33.1 Å². The molecule has 1 aliphatic rings. The molecule has 1 atom stereocenters. The van der Waals surface area contributed by atoms with E-state index in [9.17, 15) is 9.90 Å². The molecule has 1 saturated heterocycles. The van der Waals surface area contributed by atoms with Crippen LogP contribution in [-0.2, 0) is 9.53 Å². The summed E-state index contributed by atoms with van der Waals surface area (Å²) in [7, 11) is 1.42. The zero-order chi connectivity index (χ0) is 12.2. The van der Waals surface area contributed by atoms with E-state index in [1.807, 2.05) is 13.8 Å². The second-order valence-electron chi connectivity index (χ2n) is 5.18. The highest BCUT2D eigenvalue weighted by Crippen LogP contribution is 2.24. The average molecular weight is 229 g/mol. The van der Waals surface area contributed by atoms with Gasteiger partial charge in [-0.05, 0) is 33.2 Å². The monoisotopic (exact) mass is 229 g/mol. The molecule has 0 aliphatic carbocycles. The normalized spacial score (nSPS) is 23.1. The third-order valence-electron chi connectivity index (χ3n) is 3.30. The fourth-order valence-corrected chi connectivity index (χ4v) is 2.32. The molecule has 1 unspecified atom stereocenters. The van der Waals surface area contributed by atoms with E-state index in [1.165, 1.54) is 13.5 Å². The number of methoxy groups -OCH3 is 1. The van der Waals surface area contributed by atoms with Crippen molar-refractivity contribution in [2.75, 3.05) is 26.8 Å². The van der Waals surface area contributed by atoms with Crippen molar-refractivity contribution in [3.63, 3.8) is 0 Å². The lowest BCUT2D eigenvalue weighted by Gasteiger charge is -2.38. The molecule has 0 saturated carbocycles. The lowest BCUT2D eigenvalue weighted by Crippen LogP contribution is -2.48. The van der Waals surface area contributed by atoms with Gasteiger partial charge < -0.3 is 9.84 Å². The Labute approximate surface area is 97.6 Å². The number of carbonyl (C=O) groups excluding carboxylic acids is 1. The van der Waals surface area contributed by atoms with Gasteiger partial charge >= 0.3 is 5.97 Å². The fraction of sp³-hybridized carbons (Fsp3) is 0.917. The molecule has 4 nitrogen and oxygen atoms in total. The van der Waals surface area contributed by atoms with Crippen LogP contribution in [0.2, 0.25) is 0 Å². The highest BCUT2D eigenvalue weighted by atomic mass is 16.5. The first-order valence-corrected chi connectivity index (χ1v) is 5.94. The van der Waals surface area contributed by atoms with Crippen LogP contribution >= 0.6 is 0 Å². The van der Waals surface area contributed by atoms with Crippen molar-refractivity contribution in [1.82, 2.24) is 4.90 Å². The maximum Gasteiger partial charge on any atom is 0.312 e. The summed E-state index contributed by atoms with van der Waals surface area (Å²) in [5, 5.41) is 9.30. The van der Waals surface area contributed by atoms with Crippen LogP contribution in [0.3, 0.4) is 0 Å². The molecule has 1 fully saturated rings. The van der Waals surface area contributed by atoms with Gasteiger partial charge in [0.25, 0.3) is 0 Å². The molecule has 0 aromatic carbocycles. The second kappa shape index (κ2) is 5.64. The minimum atomic E-state index is -0.500. The molecule has 0 bridgehead atoms. The van der Waals surface area contributed by atoms with Crippen molar-refractivity contribution in [3.05, 3.63) is 0 Å². The zero-order valence-electron chi connectivity index (χ0n) is 10.5. The van der Waals surface area contributed by atoms with Gasteiger partial charge in [0, 0.05) is 12.6 Å². The Hall–Kier alpha value is -0.610. The quantitative estimate of drug-likeness (QED) is 0.732. The standard InChI is InChI=1S/C12H23NO3/c1-12(2,11(15)16-3)9-13-7-5-4-6-10(13)8-14/h10,14H,4-9H2,1-3H3. The Balaban J connectivity index is 2.60. The topological polar surface area (TPSA) is 49.8 Å². The van der Waals surface area contributed by atoms with Crippen LogP contribution < -0.4 is 0 Å². The van der Waals surface area contributed by atoms with Gasteiger partial charge in [-0.15, -0.1) is 0 Å². The summed E-state index contributed by atoms with van der Waals surface area (Å²) in [6.45, 7) is 5.58. The van der Waals surface area contributed by atoms with Crippen LogP contribution in [-0.4, -0.2) is 48.8 Å². The molecule has 16 heavy (non-hydrogen) atoms. The highest BCUT2D eigenvalue weighted by molar-refractivity contribution is 5.76. The van der Waals surface area contributed by atoms with E-state index in [4.69, 9.17) is 4.74 Å². The molecule has 0 spiro atoms. The number of piperidine rings is 1. The van der Waals surface area contributed by atoms with Crippen molar-refractivity contribution in [1.29, 1.82) is 0 Å². The minimum Gasteiger partial charge on any atom is -0.469 e. The summed E-state index contributed by atoms with van der Waals surface area (Å²) in [6, 6.07) is 0.206. The lowest BCUT2D eigenvalue weighted by atomic mass is 9.90. The Morgan fingerprint density at radius 2 is 2.19 bits per heavy atom. The first kappa shape index (κ1) is 13.5. The second-order valence-corrected chi connectivity index (χ2v) is 5.18. The number of nitrogens with zero attached hydrogens (tertiary/aromatic N) is 1. The smallest absolute Gasteiger partial charge is 0.312 e. The molecule has 4 heteroatoms. The van der Waals surface area contributed by atoms with E-state index < -0.39 is 5.41 Å². The molecular formula is C12H23NO3. The Morgan fingerprint density at radius 3 is 2.75 bits per heavy atom. The third-order valence-corrected chi connectivity index (χ3v) is 3.30. The van der Waals surface area contributed by atoms with Crippen LogP contribution in [0.4, 0.5) is 0 Å². The number of rotatable bonds is 4. The summed E-state index contributed by atoms with van der Waals surface area (Å²) in [6.07, 6.45) is 3.34. The van der Waals surface area contributed by atoms with Crippen molar-refractivity contribution >= 4 is 5.97 Å². The molecule has 1 aliphatic heterocycles. The molecular weight excluding hydrogens is 206 g/mol. The zero-order valence-corrected chi connectivity index (χ0v) is 10.5. The van der Waals surface area contributed by atoms with Gasteiger partial charge in [0.2, 0.25) is 0 Å². The summed E-state index contributed by atoms with van der Waals surface area (Å²) in [4.78, 5) is 13.8. The Bertz CT molecular complexity index is 240. The predicted molar refractivity (Wildman–Crippen MR) is 62.1 cm³/mol. The third kappa shape index (κ3) is 3.19. The lowest BCUT2D eigenvalue weighted by molar-refractivity contribution is -0.152. The van der Waals surface area contributed by atoms with E-state index in [1.54, 1.807) is 0 Å². The number of likely N-dealkylation sites (tertiary alicyclic amines) is 1. The molecule has 1 heterocycles. The van der Waals surface area contributed by atoms with E-state index in [0.717, 1.165) is 19.4 Å². The number of carbonyl (C=O) groups is 1. The fourth-order valence-electron chi connectivity index (χ4n) is 2.32. The number of aliphatic hydroxyl groups excluding tert-OH is 1. The number of hydrogen-bond donors (Lipinski definition) is 1. The van der Waals surface area contributed by atoms with Gasteiger partial charge in [0.15, 0.2) is 0 Å². The van der Waals surface area contributed by atoms with Gasteiger partial charge in [-0.3, -0.25) is 9.69 Å². The van der Waals surface area contributed by atoms with E-state index in [-0.39, 0.29) is 18.6 Å². The number of hydrogen-bond acceptors (Lipinski definition) is 4. The van der Waals surface area contributed by atoms with Gasteiger partial charge in [-0.1, -0.05) is 6.42 Å². The molecule has 0 aromatic heterocycles. The van der Waals surface area contributed by atoms with Gasteiger partial charge in [0.05, 0.1) is 19.1 Å². The van der Waals surface area contributed by atoms with Crippen molar-refractivity contribution < 1.29 is 14.6 Å². The first-order chi connectivity index (χ1) is 7.51. The van der Waals surface area contributed by atoms with Gasteiger partial charge in [0.1, 0.15) is 0 Å². The van der Waals surface area contributed by atoms with E-state index >= 15 is 0 Å². The summed E-state index contributed by atoms with van der Waals surface area (Å²) < 4.78 is 4.80. The molecule has 0 amide bonds. The molecule has 94 valence electrons. The van der Waals surface area contributed by atoms with E-state index in [2.05, 4.69) is 4.90 Å². The summed E-state index contributed by atoms with van der Waals surface area (Å²) in [5.41, 5.74) is -0.500. The van der Waals surface area contributed by atoms with Crippen LogP contribution in [0.25, 0.3) is 0 Å². The van der Waals surface area contributed by atoms with Crippen LogP contribution in [0, 0.1) is 5.41 Å². The van der Waals surface area contributed by atoms with Crippen molar-refractivity contribution in [3.8, 4) is 0 Å². The molecule has 1 rings (SSSR count). The Morgan fingerprint density at radius 1 is 1.50 bits per heavy atom. The predicted octanol–water partition coefficient (Wildman–Crippen LogP) is 1.03. The van der Waals surface area contributed by atoms with Crippen LogP contribution in [0.15, 0.2) is 0 Å². The molecule has 1 N–H and O–H groups in total. The maximum absolute atomic E-state index is 11.6. The van der Waals surface area contributed by atoms with Crippen molar-refractivity contribution in [2.45, 2.75) is 39.2 Å². The maximum atomic E-state index is 11.6. The number of ether oxygens (including phenoxy) is 1. The largest absolute Gasteiger partial charge is 0.469 e. The average Bonchev–Trinajstić information content (AvgIpc) is 2.28. The van der Waals surface area contributed by atoms with E-state index in [0.29, 0.717) is 6.54 Å². The number of aliphatic hydroxyl groups is 1. The SMILES string of the molecule is COC(=O)C(C)(C)CN1CCCCC1CO. The number of esters is 1. The van der Waals surface area contributed by atoms with Crippen LogP contribution in [0.5, 0.6) is 0 Å². The first-order valence-electron chi connectivity index (χ1n) is 5.94. The van der Waals surface area contributed by atoms with Gasteiger partial charge in [-0.2, -0.15) is 0 Å². The summed E-state index contributed by atoms with van der Waals surface area (Å²) in [5.74, 6) is -0.185.